The summed E-state index contributed by atoms with van der Waals surface area (Å²) in [7, 11) is 0. The van der Waals surface area contributed by atoms with E-state index in [2.05, 4.69) is 15.6 Å². The maximum atomic E-state index is 13.0. The van der Waals surface area contributed by atoms with Gasteiger partial charge in [-0.3, -0.25) is 4.79 Å². The minimum atomic E-state index is 0.150. The molecule has 26 heavy (non-hydrogen) atoms. The van der Waals surface area contributed by atoms with E-state index in [4.69, 9.17) is 9.05 Å². The smallest absolute Gasteiger partial charge is 0.223 e. The van der Waals surface area contributed by atoms with Crippen molar-refractivity contribution in [3.05, 3.63) is 34.0 Å². The average Bonchev–Trinajstić information content (AvgIpc) is 3.32. The molecule has 0 radical (unpaired) electrons. The third-order valence-corrected chi connectivity index (χ3v) is 5.34. The van der Waals surface area contributed by atoms with Crippen LogP contribution in [0.2, 0.25) is 0 Å². The number of carbonyl (C=O) groups excluding carboxylic acids is 1. The Morgan fingerprint density at radius 2 is 1.65 bits per heavy atom. The monoisotopic (exact) mass is 360 g/mol. The highest BCUT2D eigenvalue weighted by atomic mass is 16.5. The summed E-state index contributed by atoms with van der Waals surface area (Å²) in [6, 6.07) is 0. The number of nitrogens with zero attached hydrogens (tertiary/aromatic N) is 3. The van der Waals surface area contributed by atoms with Gasteiger partial charge in [-0.05, 0) is 59.5 Å². The highest BCUT2D eigenvalue weighted by Crippen LogP contribution is 2.22. The summed E-state index contributed by atoms with van der Waals surface area (Å²) in [5.41, 5.74) is 3.62. The summed E-state index contributed by atoms with van der Waals surface area (Å²) in [4.78, 5) is 14.9. The summed E-state index contributed by atoms with van der Waals surface area (Å²) in [6.07, 6.45) is 2.63. The van der Waals surface area contributed by atoms with Crippen molar-refractivity contribution < 1.29 is 13.8 Å². The van der Waals surface area contributed by atoms with E-state index < -0.39 is 0 Å². The molecule has 0 saturated carbocycles. The number of hydrogen-bond acceptors (Lipinski definition) is 6. The maximum Gasteiger partial charge on any atom is 0.223 e. The molecule has 1 N–H and O–H groups in total. The third-order valence-electron chi connectivity index (χ3n) is 5.34. The molecule has 0 aliphatic carbocycles. The van der Waals surface area contributed by atoms with Gasteiger partial charge in [0, 0.05) is 17.5 Å². The Morgan fingerprint density at radius 3 is 2.08 bits per heavy atom. The molecule has 2 aromatic heterocycles. The van der Waals surface area contributed by atoms with Crippen LogP contribution in [-0.2, 0) is 17.9 Å². The van der Waals surface area contributed by atoms with Crippen molar-refractivity contribution in [2.75, 3.05) is 13.1 Å². The van der Waals surface area contributed by atoms with Gasteiger partial charge in [0.15, 0.2) is 0 Å². The van der Waals surface area contributed by atoms with Crippen LogP contribution in [0.15, 0.2) is 9.05 Å². The molecule has 0 spiro atoms. The molecule has 142 valence electrons. The molecule has 3 rings (SSSR count). The first-order valence-electron chi connectivity index (χ1n) is 9.27. The van der Waals surface area contributed by atoms with Gasteiger partial charge >= 0.3 is 0 Å². The zero-order chi connectivity index (χ0) is 18.7. The Balaban J connectivity index is 1.74. The predicted molar refractivity (Wildman–Crippen MR) is 96.4 cm³/mol. The second-order valence-electron chi connectivity index (χ2n) is 7.25. The number of carbonyl (C=O) groups is 1. The van der Waals surface area contributed by atoms with Gasteiger partial charge in [-0.25, -0.2) is 0 Å². The molecule has 1 fully saturated rings. The van der Waals surface area contributed by atoms with E-state index in [9.17, 15) is 4.79 Å². The van der Waals surface area contributed by atoms with Crippen molar-refractivity contribution >= 4 is 5.91 Å². The Morgan fingerprint density at radius 1 is 1.08 bits per heavy atom. The maximum absolute atomic E-state index is 13.0. The van der Waals surface area contributed by atoms with Crippen LogP contribution in [0.3, 0.4) is 0 Å². The first-order valence-corrected chi connectivity index (χ1v) is 9.27. The van der Waals surface area contributed by atoms with Crippen LogP contribution in [0.4, 0.5) is 0 Å². The summed E-state index contributed by atoms with van der Waals surface area (Å²) >= 11 is 0. The van der Waals surface area contributed by atoms with E-state index >= 15 is 0 Å². The summed E-state index contributed by atoms with van der Waals surface area (Å²) < 4.78 is 10.5. The standard InChI is InChI=1S/C19H28N4O3/c1-12-17(14(3)25-21-12)10-23(11-18-13(2)22-26-15(18)4)19(24)6-5-16-7-8-20-9-16/h16,20H,5-11H2,1-4H3. The molecule has 7 nitrogen and oxygen atoms in total. The van der Waals surface area contributed by atoms with E-state index in [1.54, 1.807) is 0 Å². The Kier molecular flexibility index (Phi) is 5.76. The van der Waals surface area contributed by atoms with Crippen LogP contribution in [-0.4, -0.2) is 34.2 Å². The van der Waals surface area contributed by atoms with Gasteiger partial charge in [0.25, 0.3) is 0 Å². The molecule has 1 atom stereocenters. The summed E-state index contributed by atoms with van der Waals surface area (Å²) in [5, 5.41) is 11.4. The lowest BCUT2D eigenvalue weighted by Crippen LogP contribution is -2.31. The quantitative estimate of drug-likeness (QED) is 0.817. The molecule has 1 amide bonds. The fourth-order valence-corrected chi connectivity index (χ4v) is 3.52. The van der Waals surface area contributed by atoms with Gasteiger partial charge < -0.3 is 19.3 Å². The molecule has 3 heterocycles. The van der Waals surface area contributed by atoms with E-state index in [0.717, 1.165) is 60.0 Å². The molecule has 1 unspecified atom stereocenters. The van der Waals surface area contributed by atoms with Crippen molar-refractivity contribution in [3.63, 3.8) is 0 Å². The van der Waals surface area contributed by atoms with Crippen LogP contribution in [0.1, 0.15) is 53.3 Å². The Hall–Kier alpha value is -2.15. The van der Waals surface area contributed by atoms with Crippen molar-refractivity contribution in [1.82, 2.24) is 20.5 Å². The highest BCUT2D eigenvalue weighted by Gasteiger charge is 2.23. The molecular weight excluding hydrogens is 332 g/mol. The normalized spacial score (nSPS) is 17.0. The zero-order valence-electron chi connectivity index (χ0n) is 16.1. The van der Waals surface area contributed by atoms with E-state index in [0.29, 0.717) is 25.4 Å². The Labute approximate surface area is 154 Å². The lowest BCUT2D eigenvalue weighted by atomic mass is 10.0. The minimum Gasteiger partial charge on any atom is -0.361 e. The van der Waals surface area contributed by atoms with E-state index in [-0.39, 0.29) is 5.91 Å². The molecule has 1 aliphatic heterocycles. The molecule has 2 aromatic rings. The number of aryl methyl sites for hydroxylation is 4. The average molecular weight is 360 g/mol. The molecule has 0 bridgehead atoms. The number of nitrogens with one attached hydrogen (secondary N) is 1. The molecule has 7 heteroatoms. The van der Waals surface area contributed by atoms with Crippen LogP contribution < -0.4 is 5.32 Å². The second-order valence-corrected chi connectivity index (χ2v) is 7.25. The topological polar surface area (TPSA) is 84.4 Å². The SMILES string of the molecule is Cc1noc(C)c1CN(Cc1c(C)noc1C)C(=O)CCC1CCNC1. The van der Waals surface area contributed by atoms with Crippen molar-refractivity contribution in [3.8, 4) is 0 Å². The van der Waals surface area contributed by atoms with Crippen LogP contribution >= 0.6 is 0 Å². The number of aromatic nitrogens is 2. The van der Waals surface area contributed by atoms with Crippen LogP contribution in [0, 0.1) is 33.6 Å². The van der Waals surface area contributed by atoms with Gasteiger partial charge in [-0.15, -0.1) is 0 Å². The number of amides is 1. The molecule has 0 aromatic carbocycles. The lowest BCUT2D eigenvalue weighted by Gasteiger charge is -2.23. The van der Waals surface area contributed by atoms with Crippen LogP contribution in [0.5, 0.6) is 0 Å². The number of hydrogen-bond donors (Lipinski definition) is 1. The lowest BCUT2D eigenvalue weighted by molar-refractivity contribution is -0.132. The first-order chi connectivity index (χ1) is 12.5. The zero-order valence-corrected chi connectivity index (χ0v) is 16.1. The van der Waals surface area contributed by atoms with Gasteiger partial charge in [-0.2, -0.15) is 0 Å². The first kappa shape index (κ1) is 18.6. The van der Waals surface area contributed by atoms with Crippen molar-refractivity contribution in [1.29, 1.82) is 0 Å². The van der Waals surface area contributed by atoms with E-state index in [1.165, 1.54) is 0 Å². The number of rotatable bonds is 7. The van der Waals surface area contributed by atoms with Crippen LogP contribution in [0.25, 0.3) is 0 Å². The van der Waals surface area contributed by atoms with Crippen molar-refractivity contribution in [2.24, 2.45) is 5.92 Å². The third kappa shape index (κ3) is 4.15. The van der Waals surface area contributed by atoms with Crippen molar-refractivity contribution in [2.45, 2.75) is 60.0 Å². The highest BCUT2D eigenvalue weighted by molar-refractivity contribution is 5.76. The van der Waals surface area contributed by atoms with E-state index in [1.807, 2.05) is 32.6 Å². The van der Waals surface area contributed by atoms with Gasteiger partial charge in [-0.1, -0.05) is 10.3 Å². The molecule has 1 saturated heterocycles. The Bertz CT molecular complexity index is 672. The summed E-state index contributed by atoms with van der Waals surface area (Å²) in [5.74, 6) is 2.27. The second kappa shape index (κ2) is 8.03. The van der Waals surface area contributed by atoms with Gasteiger partial charge in [0.2, 0.25) is 5.91 Å². The molecular formula is C19H28N4O3. The predicted octanol–water partition coefficient (Wildman–Crippen LogP) is 2.81. The fourth-order valence-electron chi connectivity index (χ4n) is 3.52. The van der Waals surface area contributed by atoms with Gasteiger partial charge in [0.1, 0.15) is 11.5 Å². The summed E-state index contributed by atoms with van der Waals surface area (Å²) in [6.45, 7) is 10.7. The minimum absolute atomic E-state index is 0.150. The molecule has 1 aliphatic rings. The van der Waals surface area contributed by atoms with Gasteiger partial charge in [0.05, 0.1) is 24.5 Å². The fraction of sp³-hybridized carbons (Fsp3) is 0.632. The largest absolute Gasteiger partial charge is 0.361 e.